The average Bonchev–Trinajstić information content (AvgIpc) is 2.63. The molecule has 72 valence electrons. The maximum Gasteiger partial charge on any atom is 0.160 e. The lowest BCUT2D eigenvalue weighted by atomic mass is 10.1. The van der Waals surface area contributed by atoms with Gasteiger partial charge in [-0.3, -0.25) is 4.79 Å². The predicted molar refractivity (Wildman–Crippen MR) is 64.6 cm³/mol. The number of alkyl halides is 1. The molecule has 2 rings (SSSR count). The summed E-state index contributed by atoms with van der Waals surface area (Å²) in [4.78, 5) is 11.5. The van der Waals surface area contributed by atoms with E-state index < -0.39 is 0 Å². The molecule has 14 heavy (non-hydrogen) atoms. The molecular weight excluding hydrogens is 260 g/mol. The molecule has 1 heterocycles. The van der Waals surface area contributed by atoms with Crippen LogP contribution in [-0.2, 0) is 5.33 Å². The topological polar surface area (TPSA) is 17.1 Å². The zero-order valence-corrected chi connectivity index (χ0v) is 10.1. The van der Waals surface area contributed by atoms with Gasteiger partial charge in [0.1, 0.15) is 0 Å². The Kier molecular flexibility index (Phi) is 2.70. The second-order valence-corrected chi connectivity index (χ2v) is 4.83. The summed E-state index contributed by atoms with van der Waals surface area (Å²) in [7, 11) is 0. The van der Waals surface area contributed by atoms with Crippen molar-refractivity contribution >= 4 is 43.6 Å². The van der Waals surface area contributed by atoms with Crippen molar-refractivity contribution in [3.63, 3.8) is 0 Å². The normalized spacial score (nSPS) is 10.7. The predicted octanol–water partition coefficient (Wildman–Crippen LogP) is 3.92. The number of aryl methyl sites for hydroxylation is 1. The lowest BCUT2D eigenvalue weighted by Crippen LogP contribution is -1.79. The SMILES string of the molecule is Cc1ccc(CBr)c2sc(C=O)cc12. The minimum Gasteiger partial charge on any atom is -0.297 e. The second kappa shape index (κ2) is 3.83. The minimum atomic E-state index is 0.802. The smallest absolute Gasteiger partial charge is 0.160 e. The fourth-order valence-electron chi connectivity index (χ4n) is 1.50. The standard InChI is InChI=1S/C11H9BrOS/c1-7-2-3-8(5-12)11-10(7)4-9(6-13)14-11/h2-4,6H,5H2,1H3. The van der Waals surface area contributed by atoms with Gasteiger partial charge in [-0.25, -0.2) is 0 Å². The summed E-state index contributed by atoms with van der Waals surface area (Å²) in [5.41, 5.74) is 2.48. The lowest BCUT2D eigenvalue weighted by molar-refractivity contribution is 0.112. The quantitative estimate of drug-likeness (QED) is 0.596. The van der Waals surface area contributed by atoms with Crippen molar-refractivity contribution in [2.45, 2.75) is 12.3 Å². The van der Waals surface area contributed by atoms with Crippen LogP contribution in [0.1, 0.15) is 20.8 Å². The number of thiophene rings is 1. The molecule has 0 radical (unpaired) electrons. The van der Waals surface area contributed by atoms with Gasteiger partial charge in [-0.2, -0.15) is 0 Å². The van der Waals surface area contributed by atoms with Gasteiger partial charge in [0.25, 0.3) is 0 Å². The van der Waals surface area contributed by atoms with Gasteiger partial charge in [-0.05, 0) is 29.5 Å². The molecule has 0 aliphatic heterocycles. The number of hydrogen-bond donors (Lipinski definition) is 0. The van der Waals surface area contributed by atoms with Crippen LogP contribution in [0, 0.1) is 6.92 Å². The van der Waals surface area contributed by atoms with Crippen molar-refractivity contribution in [1.29, 1.82) is 0 Å². The van der Waals surface area contributed by atoms with Crippen LogP contribution >= 0.6 is 27.3 Å². The van der Waals surface area contributed by atoms with Gasteiger partial charge in [-0.15, -0.1) is 11.3 Å². The molecule has 0 atom stereocenters. The summed E-state index contributed by atoms with van der Waals surface area (Å²) >= 11 is 5.02. The first kappa shape index (κ1) is 9.87. The number of halogens is 1. The number of rotatable bonds is 2. The van der Waals surface area contributed by atoms with Crippen molar-refractivity contribution in [3.05, 3.63) is 34.2 Å². The lowest BCUT2D eigenvalue weighted by Gasteiger charge is -2.00. The first-order chi connectivity index (χ1) is 6.76. The molecule has 1 aromatic carbocycles. The fourth-order valence-corrected chi connectivity index (χ4v) is 3.21. The van der Waals surface area contributed by atoms with Crippen LogP contribution in [0.5, 0.6) is 0 Å². The van der Waals surface area contributed by atoms with Gasteiger partial charge in [0.15, 0.2) is 6.29 Å². The third kappa shape index (κ3) is 1.51. The Hall–Kier alpha value is -0.670. The molecule has 2 aromatic rings. The summed E-state index contributed by atoms with van der Waals surface area (Å²) in [5, 5.41) is 2.04. The third-order valence-corrected chi connectivity index (χ3v) is 4.00. The Morgan fingerprint density at radius 3 is 2.93 bits per heavy atom. The summed E-state index contributed by atoms with van der Waals surface area (Å²) in [5.74, 6) is 0. The van der Waals surface area contributed by atoms with Gasteiger partial charge in [-0.1, -0.05) is 28.1 Å². The molecule has 1 nitrogen and oxygen atoms in total. The van der Waals surface area contributed by atoms with E-state index in [2.05, 4.69) is 35.0 Å². The van der Waals surface area contributed by atoms with E-state index in [0.29, 0.717) is 0 Å². The van der Waals surface area contributed by atoms with Crippen molar-refractivity contribution in [1.82, 2.24) is 0 Å². The second-order valence-electron chi connectivity index (χ2n) is 3.18. The fraction of sp³-hybridized carbons (Fsp3) is 0.182. The maximum absolute atomic E-state index is 10.7. The van der Waals surface area contributed by atoms with Gasteiger partial charge in [0.05, 0.1) is 4.88 Å². The summed E-state index contributed by atoms with van der Waals surface area (Å²) in [6.45, 7) is 2.07. The highest BCUT2D eigenvalue weighted by atomic mass is 79.9. The molecule has 0 aliphatic carbocycles. The summed E-state index contributed by atoms with van der Waals surface area (Å²) in [6, 6.07) is 6.17. The number of fused-ring (bicyclic) bond motifs is 1. The van der Waals surface area contributed by atoms with Gasteiger partial charge >= 0.3 is 0 Å². The number of carbonyl (C=O) groups excluding carboxylic acids is 1. The highest BCUT2D eigenvalue weighted by Gasteiger charge is 2.07. The molecule has 0 fully saturated rings. The molecular formula is C11H9BrOS. The third-order valence-electron chi connectivity index (χ3n) is 2.26. The average molecular weight is 269 g/mol. The molecule has 0 aliphatic rings. The molecule has 0 saturated heterocycles. The molecule has 0 saturated carbocycles. The zero-order valence-electron chi connectivity index (χ0n) is 7.71. The Balaban J connectivity index is 2.81. The van der Waals surface area contributed by atoms with E-state index in [-0.39, 0.29) is 0 Å². The van der Waals surface area contributed by atoms with Crippen LogP contribution < -0.4 is 0 Å². The van der Waals surface area contributed by atoms with Crippen molar-refractivity contribution in [3.8, 4) is 0 Å². The Bertz CT molecular complexity index is 487. The highest BCUT2D eigenvalue weighted by Crippen LogP contribution is 2.31. The summed E-state index contributed by atoms with van der Waals surface area (Å²) in [6.07, 6.45) is 0.919. The Morgan fingerprint density at radius 2 is 2.29 bits per heavy atom. The van der Waals surface area contributed by atoms with Crippen molar-refractivity contribution in [2.24, 2.45) is 0 Å². The molecule has 0 spiro atoms. The van der Waals surface area contributed by atoms with E-state index in [1.807, 2.05) is 6.07 Å². The van der Waals surface area contributed by atoms with Crippen LogP contribution in [0.25, 0.3) is 10.1 Å². The van der Waals surface area contributed by atoms with Crippen LogP contribution in [0.15, 0.2) is 18.2 Å². The van der Waals surface area contributed by atoms with Crippen LogP contribution in [0.4, 0.5) is 0 Å². The maximum atomic E-state index is 10.7. The first-order valence-corrected chi connectivity index (χ1v) is 6.23. The Morgan fingerprint density at radius 1 is 1.50 bits per heavy atom. The largest absolute Gasteiger partial charge is 0.297 e. The van der Waals surface area contributed by atoms with Crippen LogP contribution in [0.2, 0.25) is 0 Å². The highest BCUT2D eigenvalue weighted by molar-refractivity contribution is 9.08. The molecule has 1 aromatic heterocycles. The molecule has 0 unspecified atom stereocenters. The molecule has 3 heteroatoms. The van der Waals surface area contributed by atoms with Gasteiger partial charge in [0.2, 0.25) is 0 Å². The van der Waals surface area contributed by atoms with E-state index in [1.165, 1.54) is 21.2 Å². The molecule has 0 bridgehead atoms. The van der Waals surface area contributed by atoms with Crippen LogP contribution in [-0.4, -0.2) is 6.29 Å². The van der Waals surface area contributed by atoms with Crippen LogP contribution in [0.3, 0.4) is 0 Å². The van der Waals surface area contributed by atoms with Gasteiger partial charge < -0.3 is 0 Å². The molecule has 0 amide bonds. The van der Waals surface area contributed by atoms with Gasteiger partial charge in [0, 0.05) is 10.0 Å². The monoisotopic (exact) mass is 268 g/mol. The van der Waals surface area contributed by atoms with E-state index in [9.17, 15) is 4.79 Å². The van der Waals surface area contributed by atoms with E-state index >= 15 is 0 Å². The summed E-state index contributed by atoms with van der Waals surface area (Å²) < 4.78 is 1.23. The van der Waals surface area contributed by atoms with E-state index in [0.717, 1.165) is 16.5 Å². The number of benzene rings is 1. The number of hydrogen-bond acceptors (Lipinski definition) is 2. The Labute approximate surface area is 94.9 Å². The first-order valence-electron chi connectivity index (χ1n) is 4.29. The number of carbonyl (C=O) groups is 1. The minimum absolute atomic E-state index is 0.802. The molecule has 0 N–H and O–H groups in total. The van der Waals surface area contributed by atoms with Crippen molar-refractivity contribution in [2.75, 3.05) is 0 Å². The van der Waals surface area contributed by atoms with E-state index in [1.54, 1.807) is 11.3 Å². The number of aldehydes is 1. The van der Waals surface area contributed by atoms with E-state index in [4.69, 9.17) is 0 Å². The zero-order chi connectivity index (χ0) is 10.1. The van der Waals surface area contributed by atoms with Crippen molar-refractivity contribution < 1.29 is 4.79 Å².